The molecule has 0 aliphatic rings. The Hall–Kier alpha value is -2.13. The van der Waals surface area contributed by atoms with Crippen molar-refractivity contribution in [3.05, 3.63) is 71.1 Å². The lowest BCUT2D eigenvalue weighted by atomic mass is 10.1. The second-order valence-corrected chi connectivity index (χ2v) is 4.61. The van der Waals surface area contributed by atoms with E-state index >= 15 is 0 Å². The van der Waals surface area contributed by atoms with Gasteiger partial charge in [0.1, 0.15) is 0 Å². The van der Waals surface area contributed by atoms with Crippen molar-refractivity contribution in [2.75, 3.05) is 0 Å². The Morgan fingerprint density at radius 3 is 2.58 bits per heavy atom. The van der Waals surface area contributed by atoms with E-state index in [1.165, 1.54) is 0 Å². The van der Waals surface area contributed by atoms with Gasteiger partial charge in [0.05, 0.1) is 6.42 Å². The summed E-state index contributed by atoms with van der Waals surface area (Å²) < 4.78 is 5.65. The highest BCUT2D eigenvalue weighted by atomic mass is 35.5. The molecule has 0 unspecified atom stereocenters. The zero-order valence-corrected chi connectivity index (χ0v) is 10.8. The highest BCUT2D eigenvalue weighted by Gasteiger charge is 2.09. The lowest BCUT2D eigenvalue weighted by Gasteiger charge is -1.96. The minimum atomic E-state index is 0.494. The third kappa shape index (κ3) is 2.83. The van der Waals surface area contributed by atoms with Crippen LogP contribution < -0.4 is 0 Å². The van der Waals surface area contributed by atoms with E-state index in [-0.39, 0.29) is 0 Å². The minimum absolute atomic E-state index is 0.494. The Kier molecular flexibility index (Phi) is 3.29. The van der Waals surface area contributed by atoms with Gasteiger partial charge in [-0.3, -0.25) is 0 Å². The molecular weight excluding hydrogens is 260 g/mol. The maximum atomic E-state index is 5.94. The van der Waals surface area contributed by atoms with Crippen molar-refractivity contribution < 1.29 is 4.42 Å². The van der Waals surface area contributed by atoms with Gasteiger partial charge in [0.25, 0.3) is 0 Å². The minimum Gasteiger partial charge on any atom is -0.420 e. The summed E-state index contributed by atoms with van der Waals surface area (Å²) in [5, 5.41) is 8.76. The third-order valence-corrected chi connectivity index (χ3v) is 2.97. The maximum absolute atomic E-state index is 5.94. The van der Waals surface area contributed by atoms with Gasteiger partial charge in [-0.05, 0) is 23.8 Å². The molecule has 0 spiro atoms. The van der Waals surface area contributed by atoms with Crippen molar-refractivity contribution in [3.8, 4) is 11.5 Å². The fourth-order valence-electron chi connectivity index (χ4n) is 1.83. The van der Waals surface area contributed by atoms with E-state index in [1.54, 1.807) is 6.07 Å². The third-order valence-electron chi connectivity index (χ3n) is 2.74. The average molecular weight is 271 g/mol. The zero-order chi connectivity index (χ0) is 13.1. The van der Waals surface area contributed by atoms with Gasteiger partial charge in [-0.1, -0.05) is 48.0 Å². The van der Waals surface area contributed by atoms with Crippen LogP contribution >= 0.6 is 11.6 Å². The Labute approximate surface area is 115 Å². The highest BCUT2D eigenvalue weighted by Crippen LogP contribution is 2.22. The molecule has 0 bridgehead atoms. The molecule has 1 heterocycles. The molecule has 0 radical (unpaired) electrons. The lowest BCUT2D eigenvalue weighted by Crippen LogP contribution is -1.87. The van der Waals surface area contributed by atoms with E-state index < -0.39 is 0 Å². The molecule has 19 heavy (non-hydrogen) atoms. The van der Waals surface area contributed by atoms with E-state index in [4.69, 9.17) is 16.0 Å². The fourth-order valence-corrected chi connectivity index (χ4v) is 2.02. The standard InChI is InChI=1S/C15H11ClN2O/c16-13-8-4-7-12(10-13)15-18-17-14(19-15)9-11-5-2-1-3-6-11/h1-8,10H,9H2. The predicted octanol–water partition coefficient (Wildman–Crippen LogP) is 3.98. The summed E-state index contributed by atoms with van der Waals surface area (Å²) >= 11 is 5.94. The first-order chi connectivity index (χ1) is 9.31. The fraction of sp³-hybridized carbons (Fsp3) is 0.0667. The van der Waals surface area contributed by atoms with Crippen LogP contribution in [0.25, 0.3) is 11.5 Å². The van der Waals surface area contributed by atoms with Crippen molar-refractivity contribution >= 4 is 11.6 Å². The van der Waals surface area contributed by atoms with Crippen molar-refractivity contribution in [2.45, 2.75) is 6.42 Å². The summed E-state index contributed by atoms with van der Waals surface area (Å²) in [6.07, 6.45) is 0.633. The van der Waals surface area contributed by atoms with Crippen molar-refractivity contribution in [2.24, 2.45) is 0 Å². The molecule has 2 aromatic carbocycles. The molecule has 3 rings (SSSR count). The summed E-state index contributed by atoms with van der Waals surface area (Å²) in [5.41, 5.74) is 1.98. The molecule has 0 atom stereocenters. The number of halogens is 1. The summed E-state index contributed by atoms with van der Waals surface area (Å²) in [7, 11) is 0. The SMILES string of the molecule is Clc1cccc(-c2nnc(Cc3ccccc3)o2)c1. The van der Waals surface area contributed by atoms with Gasteiger partial charge in [-0.2, -0.15) is 0 Å². The van der Waals surface area contributed by atoms with Crippen molar-refractivity contribution in [1.29, 1.82) is 0 Å². The molecule has 0 amide bonds. The number of hydrogen-bond acceptors (Lipinski definition) is 3. The largest absolute Gasteiger partial charge is 0.420 e. The first-order valence-electron chi connectivity index (χ1n) is 5.93. The monoisotopic (exact) mass is 270 g/mol. The number of benzene rings is 2. The molecule has 0 fully saturated rings. The normalized spacial score (nSPS) is 10.6. The van der Waals surface area contributed by atoms with Crippen LogP contribution in [0, 0.1) is 0 Å². The molecular formula is C15H11ClN2O. The van der Waals surface area contributed by atoms with E-state index in [1.807, 2.05) is 48.5 Å². The Morgan fingerprint density at radius 2 is 1.79 bits per heavy atom. The first-order valence-corrected chi connectivity index (χ1v) is 6.31. The summed E-state index contributed by atoms with van der Waals surface area (Å²) in [4.78, 5) is 0. The van der Waals surface area contributed by atoms with Crippen LogP contribution in [0.15, 0.2) is 59.0 Å². The van der Waals surface area contributed by atoms with E-state index in [2.05, 4.69) is 10.2 Å². The molecule has 0 saturated carbocycles. The van der Waals surface area contributed by atoms with E-state index in [0.717, 1.165) is 11.1 Å². The van der Waals surface area contributed by atoms with E-state index in [0.29, 0.717) is 23.2 Å². The topological polar surface area (TPSA) is 38.9 Å². The maximum Gasteiger partial charge on any atom is 0.247 e. The van der Waals surface area contributed by atoms with Crippen LogP contribution in [0.1, 0.15) is 11.5 Å². The van der Waals surface area contributed by atoms with Gasteiger partial charge in [-0.15, -0.1) is 10.2 Å². The molecule has 3 nitrogen and oxygen atoms in total. The summed E-state index contributed by atoms with van der Waals surface area (Å²) in [6, 6.07) is 17.4. The predicted molar refractivity (Wildman–Crippen MR) is 74.0 cm³/mol. The van der Waals surface area contributed by atoms with Crippen molar-refractivity contribution in [1.82, 2.24) is 10.2 Å². The second-order valence-electron chi connectivity index (χ2n) is 4.17. The smallest absolute Gasteiger partial charge is 0.247 e. The highest BCUT2D eigenvalue weighted by molar-refractivity contribution is 6.30. The lowest BCUT2D eigenvalue weighted by molar-refractivity contribution is 0.518. The molecule has 0 saturated heterocycles. The second kappa shape index (κ2) is 5.24. The van der Waals surface area contributed by atoms with Crippen LogP contribution in [-0.4, -0.2) is 10.2 Å². The zero-order valence-electron chi connectivity index (χ0n) is 10.1. The summed E-state index contributed by atoms with van der Waals surface area (Å²) in [6.45, 7) is 0. The van der Waals surface area contributed by atoms with Crippen molar-refractivity contribution in [3.63, 3.8) is 0 Å². The van der Waals surface area contributed by atoms with Crippen LogP contribution in [0.3, 0.4) is 0 Å². The van der Waals surface area contributed by atoms with Gasteiger partial charge in [0, 0.05) is 10.6 Å². The Bertz CT molecular complexity index is 679. The molecule has 1 aromatic heterocycles. The molecule has 4 heteroatoms. The van der Waals surface area contributed by atoms with E-state index in [9.17, 15) is 0 Å². The number of nitrogens with zero attached hydrogens (tertiary/aromatic N) is 2. The van der Waals surface area contributed by atoms with Gasteiger partial charge in [0.2, 0.25) is 11.8 Å². The average Bonchev–Trinajstić information content (AvgIpc) is 2.88. The van der Waals surface area contributed by atoms with Gasteiger partial charge >= 0.3 is 0 Å². The molecule has 0 N–H and O–H groups in total. The number of hydrogen-bond donors (Lipinski definition) is 0. The molecule has 3 aromatic rings. The quantitative estimate of drug-likeness (QED) is 0.722. The van der Waals surface area contributed by atoms with Gasteiger partial charge in [0.15, 0.2) is 0 Å². The molecule has 0 aliphatic carbocycles. The Balaban J connectivity index is 1.84. The number of rotatable bonds is 3. The van der Waals surface area contributed by atoms with Crippen LogP contribution in [-0.2, 0) is 6.42 Å². The van der Waals surface area contributed by atoms with Gasteiger partial charge in [-0.25, -0.2) is 0 Å². The first kappa shape index (κ1) is 11.9. The Morgan fingerprint density at radius 1 is 0.947 bits per heavy atom. The number of aromatic nitrogens is 2. The van der Waals surface area contributed by atoms with Crippen LogP contribution in [0.5, 0.6) is 0 Å². The molecule has 0 aliphatic heterocycles. The summed E-state index contributed by atoms with van der Waals surface area (Å²) in [5.74, 6) is 1.09. The van der Waals surface area contributed by atoms with Crippen LogP contribution in [0.4, 0.5) is 0 Å². The van der Waals surface area contributed by atoms with Gasteiger partial charge < -0.3 is 4.42 Å². The molecule has 94 valence electrons. The van der Waals surface area contributed by atoms with Crippen LogP contribution in [0.2, 0.25) is 5.02 Å².